The monoisotopic (exact) mass is 228 g/mol. The first-order valence-corrected chi connectivity index (χ1v) is 6.73. The number of rotatable bonds is 9. The number of hydrogen-bond acceptors (Lipinski definition) is 1. The second kappa shape index (κ2) is 9.49. The molecule has 0 saturated heterocycles. The highest BCUT2D eigenvalue weighted by Crippen LogP contribution is 2.15. The molecule has 0 rings (SSSR count). The van der Waals surface area contributed by atoms with Gasteiger partial charge in [-0.2, -0.15) is 0 Å². The van der Waals surface area contributed by atoms with E-state index in [-0.39, 0.29) is 6.03 Å². The zero-order valence-corrected chi connectivity index (χ0v) is 11.2. The Bertz CT molecular complexity index is 183. The molecule has 0 bridgehead atoms. The average molecular weight is 228 g/mol. The highest BCUT2D eigenvalue weighted by Gasteiger charge is 2.18. The fraction of sp³-hybridized carbons (Fsp3) is 0.923. The Morgan fingerprint density at radius 2 is 1.75 bits per heavy atom. The van der Waals surface area contributed by atoms with E-state index in [4.69, 9.17) is 5.73 Å². The van der Waals surface area contributed by atoms with Crippen LogP contribution in [0.2, 0.25) is 0 Å². The lowest BCUT2D eigenvalue weighted by atomic mass is 10.0. The van der Waals surface area contributed by atoms with Gasteiger partial charge in [-0.3, -0.25) is 0 Å². The van der Waals surface area contributed by atoms with Gasteiger partial charge in [0.15, 0.2) is 0 Å². The standard InChI is InChI=1S/C13H28N2O/c1-4-7-8-9-11-12(10-5-2)15(6-3)13(14)16/h12H,4-11H2,1-3H3,(H2,14,16). The molecule has 3 nitrogen and oxygen atoms in total. The number of amides is 2. The number of carbonyl (C=O) groups is 1. The van der Waals surface area contributed by atoms with Gasteiger partial charge in [0.05, 0.1) is 0 Å². The van der Waals surface area contributed by atoms with Crippen LogP contribution in [0.15, 0.2) is 0 Å². The van der Waals surface area contributed by atoms with Gasteiger partial charge in [0.25, 0.3) is 0 Å². The number of carbonyl (C=O) groups excluding carboxylic acids is 1. The van der Waals surface area contributed by atoms with Gasteiger partial charge in [-0.25, -0.2) is 4.79 Å². The third-order valence-electron chi connectivity index (χ3n) is 3.08. The van der Waals surface area contributed by atoms with Gasteiger partial charge in [0.2, 0.25) is 0 Å². The molecule has 2 N–H and O–H groups in total. The van der Waals surface area contributed by atoms with Crippen LogP contribution in [0, 0.1) is 0 Å². The van der Waals surface area contributed by atoms with E-state index in [0.29, 0.717) is 6.04 Å². The quantitative estimate of drug-likeness (QED) is 0.603. The SMILES string of the molecule is CCCCCCC(CCC)N(CC)C(N)=O. The van der Waals surface area contributed by atoms with Crippen molar-refractivity contribution >= 4 is 6.03 Å². The maximum atomic E-state index is 11.3. The van der Waals surface area contributed by atoms with Crippen molar-refractivity contribution in [3.63, 3.8) is 0 Å². The van der Waals surface area contributed by atoms with Crippen LogP contribution in [0.1, 0.15) is 65.7 Å². The van der Waals surface area contributed by atoms with Crippen LogP contribution in [0.3, 0.4) is 0 Å². The maximum absolute atomic E-state index is 11.3. The van der Waals surface area contributed by atoms with Crippen molar-refractivity contribution in [2.24, 2.45) is 5.73 Å². The van der Waals surface area contributed by atoms with E-state index in [9.17, 15) is 4.79 Å². The summed E-state index contributed by atoms with van der Waals surface area (Å²) in [5.74, 6) is 0. The number of primary amides is 1. The Kier molecular flexibility index (Phi) is 9.06. The summed E-state index contributed by atoms with van der Waals surface area (Å²) in [4.78, 5) is 13.1. The first-order valence-electron chi connectivity index (χ1n) is 6.73. The summed E-state index contributed by atoms with van der Waals surface area (Å²) in [6.45, 7) is 7.10. The lowest BCUT2D eigenvalue weighted by Crippen LogP contribution is -2.43. The summed E-state index contributed by atoms with van der Waals surface area (Å²) in [7, 11) is 0. The fourth-order valence-corrected chi connectivity index (χ4v) is 2.19. The predicted molar refractivity (Wildman–Crippen MR) is 69.4 cm³/mol. The minimum atomic E-state index is -0.267. The van der Waals surface area contributed by atoms with Gasteiger partial charge >= 0.3 is 6.03 Å². The minimum absolute atomic E-state index is 0.267. The van der Waals surface area contributed by atoms with Crippen LogP contribution < -0.4 is 5.73 Å². The molecule has 1 unspecified atom stereocenters. The summed E-state index contributed by atoms with van der Waals surface area (Å²) in [6, 6.07) is 0.0841. The number of nitrogens with zero attached hydrogens (tertiary/aromatic N) is 1. The minimum Gasteiger partial charge on any atom is -0.351 e. The topological polar surface area (TPSA) is 46.3 Å². The zero-order chi connectivity index (χ0) is 12.4. The Hall–Kier alpha value is -0.730. The third kappa shape index (κ3) is 5.99. The molecule has 0 aliphatic heterocycles. The highest BCUT2D eigenvalue weighted by molar-refractivity contribution is 5.72. The molecule has 0 aliphatic carbocycles. The molecule has 16 heavy (non-hydrogen) atoms. The normalized spacial score (nSPS) is 12.4. The number of urea groups is 1. The smallest absolute Gasteiger partial charge is 0.315 e. The zero-order valence-electron chi connectivity index (χ0n) is 11.2. The molecule has 0 saturated carbocycles. The van der Waals surface area contributed by atoms with Crippen LogP contribution >= 0.6 is 0 Å². The van der Waals surface area contributed by atoms with E-state index in [0.717, 1.165) is 25.8 Å². The summed E-state index contributed by atoms with van der Waals surface area (Å²) >= 11 is 0. The lowest BCUT2D eigenvalue weighted by molar-refractivity contribution is 0.177. The van der Waals surface area contributed by atoms with Crippen LogP contribution in [0.5, 0.6) is 0 Å². The second-order valence-electron chi connectivity index (χ2n) is 4.42. The first-order chi connectivity index (χ1) is 7.67. The van der Waals surface area contributed by atoms with E-state index in [2.05, 4.69) is 13.8 Å². The van der Waals surface area contributed by atoms with Gasteiger partial charge in [-0.15, -0.1) is 0 Å². The molecule has 0 aromatic carbocycles. The van der Waals surface area contributed by atoms with Crippen LogP contribution in [-0.4, -0.2) is 23.5 Å². The van der Waals surface area contributed by atoms with Crippen molar-refractivity contribution in [3.05, 3.63) is 0 Å². The number of nitrogens with two attached hydrogens (primary N) is 1. The van der Waals surface area contributed by atoms with Crippen LogP contribution in [-0.2, 0) is 0 Å². The predicted octanol–water partition coefficient (Wildman–Crippen LogP) is 3.53. The molecular weight excluding hydrogens is 200 g/mol. The van der Waals surface area contributed by atoms with Gasteiger partial charge in [0, 0.05) is 12.6 Å². The van der Waals surface area contributed by atoms with Crippen molar-refractivity contribution in [2.75, 3.05) is 6.54 Å². The van der Waals surface area contributed by atoms with Crippen molar-refractivity contribution < 1.29 is 4.79 Å². The van der Waals surface area contributed by atoms with E-state index in [1.54, 1.807) is 0 Å². The van der Waals surface area contributed by atoms with Crippen molar-refractivity contribution in [1.29, 1.82) is 0 Å². The molecule has 1 atom stereocenters. The molecule has 0 radical (unpaired) electrons. The average Bonchev–Trinajstić information content (AvgIpc) is 2.24. The summed E-state index contributed by atoms with van der Waals surface area (Å²) in [5.41, 5.74) is 5.40. The Labute approximate surface area is 100 Å². The molecule has 0 fully saturated rings. The summed E-state index contributed by atoms with van der Waals surface area (Å²) in [6.07, 6.45) is 8.32. The van der Waals surface area contributed by atoms with Gasteiger partial charge in [-0.05, 0) is 19.8 Å². The summed E-state index contributed by atoms with van der Waals surface area (Å²) < 4.78 is 0. The maximum Gasteiger partial charge on any atom is 0.315 e. The van der Waals surface area contributed by atoms with Crippen molar-refractivity contribution in [2.45, 2.75) is 71.8 Å². The molecule has 0 heterocycles. The van der Waals surface area contributed by atoms with Crippen LogP contribution in [0.25, 0.3) is 0 Å². The highest BCUT2D eigenvalue weighted by atomic mass is 16.2. The van der Waals surface area contributed by atoms with Crippen LogP contribution in [0.4, 0.5) is 4.79 Å². The van der Waals surface area contributed by atoms with E-state index in [1.807, 2.05) is 11.8 Å². The molecule has 2 amide bonds. The molecule has 96 valence electrons. The third-order valence-corrected chi connectivity index (χ3v) is 3.08. The molecular formula is C13H28N2O. The van der Waals surface area contributed by atoms with Crippen molar-refractivity contribution in [1.82, 2.24) is 4.90 Å². The Balaban J connectivity index is 4.07. The summed E-state index contributed by atoms with van der Waals surface area (Å²) in [5, 5.41) is 0. The Morgan fingerprint density at radius 3 is 2.19 bits per heavy atom. The first kappa shape index (κ1) is 15.3. The molecule has 0 aromatic heterocycles. The number of unbranched alkanes of at least 4 members (excludes halogenated alkanes) is 3. The Morgan fingerprint density at radius 1 is 1.06 bits per heavy atom. The van der Waals surface area contributed by atoms with E-state index >= 15 is 0 Å². The fourth-order valence-electron chi connectivity index (χ4n) is 2.19. The van der Waals surface area contributed by atoms with Crippen molar-refractivity contribution in [3.8, 4) is 0 Å². The van der Waals surface area contributed by atoms with Gasteiger partial charge < -0.3 is 10.6 Å². The van der Waals surface area contributed by atoms with Gasteiger partial charge in [-0.1, -0.05) is 46.0 Å². The van der Waals surface area contributed by atoms with E-state index in [1.165, 1.54) is 25.7 Å². The lowest BCUT2D eigenvalue weighted by Gasteiger charge is -2.29. The molecule has 0 aromatic rings. The molecule has 0 spiro atoms. The molecule has 0 aliphatic rings. The molecule has 3 heteroatoms. The second-order valence-corrected chi connectivity index (χ2v) is 4.42. The largest absolute Gasteiger partial charge is 0.351 e. The van der Waals surface area contributed by atoms with Gasteiger partial charge in [0.1, 0.15) is 0 Å². The number of hydrogen-bond donors (Lipinski definition) is 1. The van der Waals surface area contributed by atoms with E-state index < -0.39 is 0 Å².